The number of phosphoric acid groups is 1. The Hall–Kier alpha value is -1.93. The van der Waals surface area contributed by atoms with E-state index in [0.717, 1.165) is 12.8 Å². The Morgan fingerprint density at radius 2 is 1.63 bits per heavy atom. The Kier molecular flexibility index (Phi) is 8.74. The number of hydrogen-bond donors (Lipinski definition) is 2. The van der Waals surface area contributed by atoms with Gasteiger partial charge in [-0.15, -0.1) is 0 Å². The molecule has 152 valence electrons. The lowest BCUT2D eigenvalue weighted by Gasteiger charge is -2.18. The fraction of sp³-hybridized carbons (Fsp3) is 0.529. The van der Waals surface area contributed by atoms with Crippen LogP contribution in [0.3, 0.4) is 0 Å². The molecule has 0 bridgehead atoms. The standard InChI is InChI=1S/C17H25O9P/c1-2-3-4-5-6-7-8-9-14-10-12-15(13-11-14)21-24-26-27(20)23-17(19)16(18)22-25-27/h10-13,18-19H,2-9H2,1H3. The average Bonchev–Trinajstić information content (AvgIpc) is 2.66. The molecule has 1 aromatic rings. The van der Waals surface area contributed by atoms with Gasteiger partial charge in [0.25, 0.3) is 0 Å². The number of aryl methyl sites for hydroxylation is 1. The predicted octanol–water partition coefficient (Wildman–Crippen LogP) is 5.55. The van der Waals surface area contributed by atoms with Crippen molar-refractivity contribution in [1.29, 1.82) is 0 Å². The minimum atomic E-state index is -4.42. The Bertz CT molecular complexity index is 644. The van der Waals surface area contributed by atoms with Crippen LogP contribution in [0.25, 0.3) is 0 Å². The lowest BCUT2D eigenvalue weighted by molar-refractivity contribution is -0.429. The summed E-state index contributed by atoms with van der Waals surface area (Å²) in [4.78, 5) is 8.84. The molecule has 1 aromatic carbocycles. The molecule has 1 heterocycles. The van der Waals surface area contributed by atoms with Crippen molar-refractivity contribution in [2.24, 2.45) is 0 Å². The van der Waals surface area contributed by atoms with Gasteiger partial charge in [0, 0.05) is 0 Å². The first kappa shape index (κ1) is 21.4. The van der Waals surface area contributed by atoms with Crippen LogP contribution < -0.4 is 4.89 Å². The summed E-state index contributed by atoms with van der Waals surface area (Å²) in [5.41, 5.74) is 1.17. The van der Waals surface area contributed by atoms with Gasteiger partial charge in [-0.1, -0.05) is 66.9 Å². The van der Waals surface area contributed by atoms with Gasteiger partial charge in [-0.3, -0.25) is 4.89 Å². The van der Waals surface area contributed by atoms with Crippen molar-refractivity contribution in [3.8, 4) is 5.75 Å². The summed E-state index contributed by atoms with van der Waals surface area (Å²) in [6.45, 7) is 2.21. The SMILES string of the molecule is CCCCCCCCCc1ccc(OOOP2(=O)OOC(O)=C(O)O2)cc1. The molecule has 0 spiro atoms. The van der Waals surface area contributed by atoms with Crippen LogP contribution in [-0.2, 0) is 34.8 Å². The second-order valence-corrected chi connectivity index (χ2v) is 7.42. The first-order chi connectivity index (χ1) is 13.0. The molecule has 0 saturated carbocycles. The third-order valence-electron chi connectivity index (χ3n) is 3.83. The third-order valence-corrected chi connectivity index (χ3v) is 4.73. The lowest BCUT2D eigenvalue weighted by atomic mass is 10.0. The van der Waals surface area contributed by atoms with Crippen molar-refractivity contribution in [2.75, 3.05) is 0 Å². The first-order valence-electron chi connectivity index (χ1n) is 8.92. The summed E-state index contributed by atoms with van der Waals surface area (Å²) < 4.78 is 24.5. The number of hydrogen-bond acceptors (Lipinski definition) is 9. The van der Waals surface area contributed by atoms with E-state index in [1.54, 1.807) is 12.1 Å². The molecule has 0 fully saturated rings. The molecular formula is C17H25O9P. The third kappa shape index (κ3) is 7.68. The average molecular weight is 404 g/mol. The van der Waals surface area contributed by atoms with E-state index in [0.29, 0.717) is 5.75 Å². The number of benzene rings is 1. The maximum Gasteiger partial charge on any atom is 0.600 e. The monoisotopic (exact) mass is 404 g/mol. The van der Waals surface area contributed by atoms with Gasteiger partial charge in [0.05, 0.1) is 0 Å². The van der Waals surface area contributed by atoms with Gasteiger partial charge in [-0.2, -0.15) is 0 Å². The smallest absolute Gasteiger partial charge is 0.475 e. The van der Waals surface area contributed by atoms with Crippen LogP contribution in [0.1, 0.15) is 57.4 Å². The second kappa shape index (κ2) is 11.0. The first-order valence-corrected chi connectivity index (χ1v) is 10.4. The molecule has 1 aliphatic rings. The molecule has 0 aromatic heterocycles. The molecule has 2 rings (SSSR count). The van der Waals surface area contributed by atoms with Gasteiger partial charge < -0.3 is 19.6 Å². The van der Waals surface area contributed by atoms with Crippen molar-refractivity contribution in [1.82, 2.24) is 0 Å². The fourth-order valence-electron chi connectivity index (χ4n) is 2.39. The highest BCUT2D eigenvalue weighted by Gasteiger charge is 2.41. The van der Waals surface area contributed by atoms with Gasteiger partial charge in [0.1, 0.15) is 0 Å². The summed E-state index contributed by atoms with van der Waals surface area (Å²) in [6.07, 6.45) is 9.79. The number of aliphatic hydroxyl groups excluding tert-OH is 2. The highest BCUT2D eigenvalue weighted by atomic mass is 31.2. The van der Waals surface area contributed by atoms with Crippen molar-refractivity contribution in [3.05, 3.63) is 41.7 Å². The number of rotatable bonds is 12. The van der Waals surface area contributed by atoms with Gasteiger partial charge in [-0.25, -0.2) is 4.57 Å². The highest BCUT2D eigenvalue weighted by Crippen LogP contribution is 2.54. The largest absolute Gasteiger partial charge is 0.600 e. The van der Waals surface area contributed by atoms with Crippen LogP contribution in [0.2, 0.25) is 0 Å². The molecule has 1 aliphatic heterocycles. The molecule has 0 aliphatic carbocycles. The fourth-order valence-corrected chi connectivity index (χ4v) is 3.04. The van der Waals surface area contributed by atoms with Crippen LogP contribution in [-0.4, -0.2) is 10.2 Å². The molecule has 0 radical (unpaired) electrons. The maximum absolute atomic E-state index is 11.8. The van der Waals surface area contributed by atoms with Crippen LogP contribution >= 0.6 is 7.82 Å². The highest BCUT2D eigenvalue weighted by molar-refractivity contribution is 7.48. The summed E-state index contributed by atoms with van der Waals surface area (Å²) in [5, 5.41) is 22.3. The van der Waals surface area contributed by atoms with Gasteiger partial charge >= 0.3 is 19.7 Å². The van der Waals surface area contributed by atoms with Crippen LogP contribution in [0.15, 0.2) is 36.2 Å². The predicted molar refractivity (Wildman–Crippen MR) is 94.1 cm³/mol. The Labute approximate surface area is 157 Å². The molecule has 0 saturated heterocycles. The molecule has 27 heavy (non-hydrogen) atoms. The second-order valence-electron chi connectivity index (χ2n) is 6.05. The molecule has 2 N–H and O–H groups in total. The molecule has 1 unspecified atom stereocenters. The topological polar surface area (TPSA) is 113 Å². The van der Waals surface area contributed by atoms with E-state index < -0.39 is 19.7 Å². The Morgan fingerprint density at radius 3 is 2.30 bits per heavy atom. The Balaban J connectivity index is 1.63. The molecule has 0 amide bonds. The van der Waals surface area contributed by atoms with Crippen molar-refractivity contribution in [3.63, 3.8) is 0 Å². The van der Waals surface area contributed by atoms with Crippen molar-refractivity contribution >= 4 is 7.82 Å². The Morgan fingerprint density at radius 1 is 0.963 bits per heavy atom. The van der Waals surface area contributed by atoms with E-state index >= 15 is 0 Å². The normalized spacial score (nSPS) is 19.4. The lowest BCUT2D eigenvalue weighted by Crippen LogP contribution is -2.11. The van der Waals surface area contributed by atoms with Crippen LogP contribution in [0, 0.1) is 0 Å². The summed E-state index contributed by atoms with van der Waals surface area (Å²) in [5.74, 6) is -1.96. The van der Waals surface area contributed by atoms with Crippen molar-refractivity contribution < 1.29 is 43.5 Å². The van der Waals surface area contributed by atoms with E-state index in [1.807, 2.05) is 12.1 Å². The zero-order valence-corrected chi connectivity index (χ0v) is 16.1. The quantitative estimate of drug-likeness (QED) is 0.200. The van der Waals surface area contributed by atoms with E-state index in [9.17, 15) is 4.57 Å². The van der Waals surface area contributed by atoms with Gasteiger partial charge in [-0.05, 0) is 35.6 Å². The van der Waals surface area contributed by atoms with Gasteiger partial charge in [0.2, 0.25) is 0 Å². The van der Waals surface area contributed by atoms with Gasteiger partial charge in [0.15, 0.2) is 5.75 Å². The maximum atomic E-state index is 11.8. The summed E-state index contributed by atoms with van der Waals surface area (Å²) >= 11 is 0. The minimum absolute atomic E-state index is 0.297. The molecule has 9 nitrogen and oxygen atoms in total. The van der Waals surface area contributed by atoms with Crippen molar-refractivity contribution in [2.45, 2.75) is 58.3 Å². The van der Waals surface area contributed by atoms with E-state index in [2.05, 4.69) is 30.7 Å². The number of aliphatic hydroxyl groups is 2. The number of unbranched alkanes of at least 4 members (excludes halogenated alkanes) is 6. The summed E-state index contributed by atoms with van der Waals surface area (Å²) in [6, 6.07) is 7.11. The van der Waals surface area contributed by atoms with Crippen LogP contribution in [0.5, 0.6) is 5.75 Å². The molecular weight excluding hydrogens is 379 g/mol. The zero-order valence-electron chi connectivity index (χ0n) is 15.2. The zero-order chi connectivity index (χ0) is 19.5. The van der Waals surface area contributed by atoms with Crippen LogP contribution in [0.4, 0.5) is 0 Å². The van der Waals surface area contributed by atoms with E-state index in [-0.39, 0.29) is 0 Å². The molecule has 1 atom stereocenters. The minimum Gasteiger partial charge on any atom is -0.475 e. The van der Waals surface area contributed by atoms with E-state index in [4.69, 9.17) is 15.1 Å². The summed E-state index contributed by atoms with van der Waals surface area (Å²) in [7, 11) is -4.42. The van der Waals surface area contributed by atoms with E-state index in [1.165, 1.54) is 44.1 Å². The molecule has 10 heteroatoms.